The van der Waals surface area contributed by atoms with Crippen LogP contribution in [0.2, 0.25) is 0 Å². The van der Waals surface area contributed by atoms with Gasteiger partial charge in [0.2, 0.25) is 11.5 Å². The van der Waals surface area contributed by atoms with Gasteiger partial charge in [0.15, 0.2) is 0 Å². The number of nitro benzene ring substituents is 1. The third-order valence-corrected chi connectivity index (χ3v) is 6.47. The maximum absolute atomic E-state index is 11.7. The zero-order valence-corrected chi connectivity index (χ0v) is 19.1. The lowest BCUT2D eigenvalue weighted by Crippen LogP contribution is -2.57. The van der Waals surface area contributed by atoms with Crippen molar-refractivity contribution < 1.29 is 14.4 Å². The maximum Gasteiger partial charge on any atom is 0.311 e. The van der Waals surface area contributed by atoms with Gasteiger partial charge in [-0.3, -0.25) is 15.0 Å². The van der Waals surface area contributed by atoms with Crippen LogP contribution >= 0.6 is 0 Å². The first-order chi connectivity index (χ1) is 15.7. The van der Waals surface area contributed by atoms with Crippen molar-refractivity contribution in [1.82, 2.24) is 0 Å². The molecule has 3 aromatic rings. The second kappa shape index (κ2) is 7.37. The lowest BCUT2D eigenvalue weighted by molar-refractivity contribution is -0.386. The van der Waals surface area contributed by atoms with E-state index in [4.69, 9.17) is 9.47 Å². The van der Waals surface area contributed by atoms with Crippen molar-refractivity contribution in [2.45, 2.75) is 44.9 Å². The van der Waals surface area contributed by atoms with Gasteiger partial charge in [0, 0.05) is 29.1 Å². The molecule has 0 amide bonds. The third-order valence-electron chi connectivity index (χ3n) is 6.47. The molecule has 3 aromatic carbocycles. The monoisotopic (exact) mass is 442 g/mol. The van der Waals surface area contributed by atoms with Gasteiger partial charge >= 0.3 is 5.69 Å². The Morgan fingerprint density at radius 1 is 1.03 bits per heavy atom. The summed E-state index contributed by atoms with van der Waals surface area (Å²) in [5, 5.41) is 11.7. The molecule has 0 aliphatic carbocycles. The van der Waals surface area contributed by atoms with Gasteiger partial charge in [0.05, 0.1) is 16.4 Å². The second-order valence-corrected chi connectivity index (χ2v) is 9.23. The molecule has 5 rings (SSSR count). The topological polar surface area (TPSA) is 64.8 Å². The Hall–Kier alpha value is -3.80. The van der Waals surface area contributed by atoms with E-state index in [1.54, 1.807) is 6.07 Å². The molecule has 2 aliphatic rings. The zero-order chi connectivity index (χ0) is 23.4. The SMILES string of the molecule is CC(C)Oc1cc2c(cc1[N+](=O)[O-])C=C[C@]1(O2)N(c2ccccc2)c2ccccc2C1(C)C. The van der Waals surface area contributed by atoms with Gasteiger partial charge in [-0.25, -0.2) is 0 Å². The predicted octanol–water partition coefficient (Wildman–Crippen LogP) is 6.61. The average Bonchev–Trinajstić information content (AvgIpc) is 2.97. The molecule has 2 aliphatic heterocycles. The Morgan fingerprint density at radius 2 is 1.73 bits per heavy atom. The molecule has 0 bridgehead atoms. The molecule has 1 spiro atoms. The van der Waals surface area contributed by atoms with Gasteiger partial charge < -0.3 is 9.47 Å². The average molecular weight is 443 g/mol. The molecule has 6 nitrogen and oxygen atoms in total. The number of nitrogens with zero attached hydrogens (tertiary/aromatic N) is 2. The number of para-hydroxylation sites is 2. The van der Waals surface area contributed by atoms with Gasteiger partial charge in [0.1, 0.15) is 5.75 Å². The molecule has 0 N–H and O–H groups in total. The minimum Gasteiger partial charge on any atom is -0.484 e. The molecule has 0 unspecified atom stereocenters. The van der Waals surface area contributed by atoms with E-state index in [0.29, 0.717) is 11.3 Å². The number of benzene rings is 3. The number of rotatable bonds is 4. The summed E-state index contributed by atoms with van der Waals surface area (Å²) in [6.45, 7) is 8.03. The maximum atomic E-state index is 11.7. The summed E-state index contributed by atoms with van der Waals surface area (Å²) >= 11 is 0. The van der Waals surface area contributed by atoms with Gasteiger partial charge in [-0.2, -0.15) is 0 Å². The van der Waals surface area contributed by atoms with Crippen LogP contribution in [0.15, 0.2) is 72.8 Å². The van der Waals surface area contributed by atoms with Gasteiger partial charge in [0.25, 0.3) is 0 Å². The zero-order valence-electron chi connectivity index (χ0n) is 19.1. The van der Waals surface area contributed by atoms with Crippen molar-refractivity contribution in [2.75, 3.05) is 4.90 Å². The largest absolute Gasteiger partial charge is 0.484 e. The van der Waals surface area contributed by atoms with E-state index in [-0.39, 0.29) is 17.5 Å². The molecule has 1 atom stereocenters. The van der Waals surface area contributed by atoms with Crippen LogP contribution in [0.5, 0.6) is 11.5 Å². The summed E-state index contributed by atoms with van der Waals surface area (Å²) in [7, 11) is 0. The van der Waals surface area contributed by atoms with E-state index >= 15 is 0 Å². The summed E-state index contributed by atoms with van der Waals surface area (Å²) in [6, 6.07) is 21.6. The van der Waals surface area contributed by atoms with E-state index in [1.807, 2.05) is 56.3 Å². The fourth-order valence-electron chi connectivity index (χ4n) is 4.89. The summed E-state index contributed by atoms with van der Waals surface area (Å²) in [4.78, 5) is 13.5. The smallest absolute Gasteiger partial charge is 0.311 e. The fourth-order valence-corrected chi connectivity index (χ4v) is 4.89. The molecule has 0 aromatic heterocycles. The number of fused-ring (bicyclic) bond motifs is 2. The molecule has 2 heterocycles. The first-order valence-corrected chi connectivity index (χ1v) is 11.1. The highest BCUT2D eigenvalue weighted by atomic mass is 16.6. The Bertz CT molecular complexity index is 1270. The quantitative estimate of drug-likeness (QED) is 0.336. The Balaban J connectivity index is 1.71. The fraction of sp³-hybridized carbons (Fsp3) is 0.259. The van der Waals surface area contributed by atoms with Crippen LogP contribution in [0.1, 0.15) is 38.8 Å². The van der Waals surface area contributed by atoms with Crippen LogP contribution in [0.25, 0.3) is 6.08 Å². The van der Waals surface area contributed by atoms with E-state index in [2.05, 4.69) is 43.0 Å². The van der Waals surface area contributed by atoms with Crippen molar-refractivity contribution >= 4 is 23.1 Å². The Labute approximate surface area is 193 Å². The highest BCUT2D eigenvalue weighted by Crippen LogP contribution is 2.58. The molecule has 6 heteroatoms. The van der Waals surface area contributed by atoms with Crippen LogP contribution in [-0.2, 0) is 5.41 Å². The Morgan fingerprint density at radius 3 is 2.42 bits per heavy atom. The standard InChI is InChI=1S/C27H26N2O4/c1-18(2)32-25-17-24-19(16-23(25)29(30)31)14-15-27(33-24)26(3,4)21-12-8-9-13-22(21)28(27)20-10-6-5-7-11-20/h5-18H,1-4H3/t27-/m1/s1. The summed E-state index contributed by atoms with van der Waals surface area (Å²) < 4.78 is 12.6. The third kappa shape index (κ3) is 3.09. The van der Waals surface area contributed by atoms with Crippen LogP contribution in [-0.4, -0.2) is 16.8 Å². The highest BCUT2D eigenvalue weighted by molar-refractivity contribution is 5.80. The second-order valence-electron chi connectivity index (χ2n) is 9.23. The van der Waals surface area contributed by atoms with Gasteiger partial charge in [-0.1, -0.05) is 36.4 Å². The van der Waals surface area contributed by atoms with Crippen molar-refractivity contribution in [3.8, 4) is 11.5 Å². The molecule has 0 radical (unpaired) electrons. The predicted molar refractivity (Wildman–Crippen MR) is 129 cm³/mol. The minimum absolute atomic E-state index is 0.0690. The molecule has 0 fully saturated rings. The van der Waals surface area contributed by atoms with Crippen molar-refractivity contribution in [3.63, 3.8) is 0 Å². The number of anilines is 2. The van der Waals surface area contributed by atoms with Gasteiger partial charge in [-0.15, -0.1) is 0 Å². The van der Waals surface area contributed by atoms with Crippen LogP contribution < -0.4 is 14.4 Å². The molecule has 168 valence electrons. The normalized spacial score (nSPS) is 19.8. The lowest BCUT2D eigenvalue weighted by atomic mass is 9.76. The first kappa shape index (κ1) is 21.1. The van der Waals surface area contributed by atoms with Crippen LogP contribution in [0, 0.1) is 10.1 Å². The van der Waals surface area contributed by atoms with Crippen molar-refractivity contribution in [2.24, 2.45) is 0 Å². The summed E-state index contributed by atoms with van der Waals surface area (Å²) in [5.74, 6) is 0.763. The van der Waals surface area contributed by atoms with E-state index in [9.17, 15) is 10.1 Å². The number of hydrogen-bond donors (Lipinski definition) is 0. The molecular weight excluding hydrogens is 416 g/mol. The summed E-state index contributed by atoms with van der Waals surface area (Å²) in [5.41, 5.74) is 2.54. The minimum atomic E-state index is -0.865. The molecular formula is C27H26N2O4. The molecule has 0 saturated carbocycles. The van der Waals surface area contributed by atoms with Gasteiger partial charge in [-0.05, 0) is 63.6 Å². The number of nitro groups is 1. The molecule has 0 saturated heterocycles. The van der Waals surface area contributed by atoms with Crippen molar-refractivity contribution in [1.29, 1.82) is 0 Å². The van der Waals surface area contributed by atoms with Crippen molar-refractivity contribution in [3.05, 3.63) is 94.0 Å². The Kier molecular flexibility index (Phi) is 4.71. The first-order valence-electron chi connectivity index (χ1n) is 11.1. The van der Waals surface area contributed by atoms with E-state index < -0.39 is 16.1 Å². The summed E-state index contributed by atoms with van der Waals surface area (Å²) in [6.07, 6.45) is 3.74. The highest BCUT2D eigenvalue weighted by Gasteiger charge is 2.59. The van der Waals surface area contributed by atoms with Crippen LogP contribution in [0.4, 0.5) is 17.1 Å². The lowest BCUT2D eigenvalue weighted by Gasteiger charge is -2.47. The number of ether oxygens (including phenoxy) is 2. The number of hydrogen-bond acceptors (Lipinski definition) is 5. The van der Waals surface area contributed by atoms with E-state index in [1.165, 1.54) is 11.6 Å². The van der Waals surface area contributed by atoms with Crippen LogP contribution in [0.3, 0.4) is 0 Å². The van der Waals surface area contributed by atoms with E-state index in [0.717, 1.165) is 11.4 Å². The molecule has 33 heavy (non-hydrogen) atoms.